The van der Waals surface area contributed by atoms with Gasteiger partial charge in [0.15, 0.2) is 5.69 Å². The van der Waals surface area contributed by atoms with E-state index in [0.29, 0.717) is 5.69 Å². The van der Waals surface area contributed by atoms with Gasteiger partial charge in [-0.05, 0) is 42.5 Å². The number of carbonyl (C=O) groups excluding carboxylic acids is 2. The Balaban J connectivity index is 1.74. The topological polar surface area (TPSA) is 86.9 Å². The maximum atomic E-state index is 13.2. The maximum Gasteiger partial charge on any atom is 0.278 e. The van der Waals surface area contributed by atoms with Gasteiger partial charge < -0.3 is 10.6 Å². The van der Waals surface area contributed by atoms with Crippen LogP contribution in [-0.4, -0.2) is 22.0 Å². The molecule has 2 aromatic carbocycles. The lowest BCUT2D eigenvalue weighted by Gasteiger charge is -2.07. The fraction of sp³-hybridized carbons (Fsp3) is 0. The Labute approximate surface area is 140 Å². The van der Waals surface area contributed by atoms with E-state index in [4.69, 9.17) is 0 Å². The molecule has 2 amide bonds. The Morgan fingerprint density at radius 2 is 1.68 bits per heavy atom. The van der Waals surface area contributed by atoms with E-state index < -0.39 is 23.4 Å². The van der Waals surface area contributed by atoms with E-state index >= 15 is 0 Å². The summed E-state index contributed by atoms with van der Waals surface area (Å²) in [6, 6.07) is 10.3. The molecule has 0 atom stereocenters. The van der Waals surface area contributed by atoms with Gasteiger partial charge in [-0.25, -0.2) is 8.78 Å². The zero-order valence-corrected chi connectivity index (χ0v) is 12.7. The summed E-state index contributed by atoms with van der Waals surface area (Å²) in [6.45, 7) is 0. The van der Waals surface area contributed by atoms with Crippen molar-refractivity contribution < 1.29 is 18.4 Å². The number of anilines is 2. The highest BCUT2D eigenvalue weighted by atomic mass is 19.1. The first-order chi connectivity index (χ1) is 12.0. The lowest BCUT2D eigenvalue weighted by Crippen LogP contribution is -2.18. The van der Waals surface area contributed by atoms with Crippen molar-refractivity contribution in [2.75, 3.05) is 10.6 Å². The van der Waals surface area contributed by atoms with Crippen molar-refractivity contribution in [1.82, 2.24) is 10.2 Å². The number of benzene rings is 2. The number of halogens is 2. The van der Waals surface area contributed by atoms with Gasteiger partial charge in [-0.2, -0.15) is 5.10 Å². The average molecular weight is 342 g/mol. The van der Waals surface area contributed by atoms with Crippen LogP contribution >= 0.6 is 0 Å². The van der Waals surface area contributed by atoms with E-state index in [0.717, 1.165) is 6.07 Å². The number of aromatic amines is 1. The lowest BCUT2D eigenvalue weighted by molar-refractivity contribution is 0.102. The van der Waals surface area contributed by atoms with Crippen LogP contribution in [0.4, 0.5) is 20.2 Å². The van der Waals surface area contributed by atoms with E-state index in [2.05, 4.69) is 20.8 Å². The summed E-state index contributed by atoms with van der Waals surface area (Å²) in [5.41, 5.74) is 0.547. The van der Waals surface area contributed by atoms with Gasteiger partial charge in [-0.1, -0.05) is 6.07 Å². The number of nitrogens with zero attached hydrogens (tertiary/aromatic N) is 1. The van der Waals surface area contributed by atoms with E-state index in [1.165, 1.54) is 48.7 Å². The fourth-order valence-electron chi connectivity index (χ4n) is 2.11. The molecule has 0 spiro atoms. The molecule has 126 valence electrons. The Morgan fingerprint density at radius 1 is 0.920 bits per heavy atom. The van der Waals surface area contributed by atoms with Crippen LogP contribution in [0.25, 0.3) is 0 Å². The van der Waals surface area contributed by atoms with Crippen LogP contribution in [0.3, 0.4) is 0 Å². The number of nitrogens with one attached hydrogen (secondary N) is 3. The second-order valence-corrected chi connectivity index (χ2v) is 5.07. The molecule has 0 saturated heterocycles. The molecule has 0 unspecified atom stereocenters. The molecular weight excluding hydrogens is 330 g/mol. The SMILES string of the molecule is O=C(Nc1c[nH]nc1C(=O)Nc1ccc(F)cc1)c1cccc(F)c1. The Hall–Kier alpha value is -3.55. The molecule has 1 aromatic heterocycles. The standard InChI is InChI=1S/C17H12F2N4O2/c18-11-4-6-13(7-5-11)21-17(25)15-14(9-20-23-15)22-16(24)10-2-1-3-12(19)8-10/h1-9H,(H,20,23)(H,21,25)(H,22,24). The van der Waals surface area contributed by atoms with E-state index in [9.17, 15) is 18.4 Å². The molecule has 6 nitrogen and oxygen atoms in total. The van der Waals surface area contributed by atoms with E-state index in [1.54, 1.807) is 0 Å². The average Bonchev–Trinajstić information content (AvgIpc) is 3.05. The largest absolute Gasteiger partial charge is 0.321 e. The van der Waals surface area contributed by atoms with Gasteiger partial charge in [-0.15, -0.1) is 0 Å². The predicted octanol–water partition coefficient (Wildman–Crippen LogP) is 3.19. The summed E-state index contributed by atoms with van der Waals surface area (Å²) in [4.78, 5) is 24.4. The number of carbonyl (C=O) groups is 2. The van der Waals surface area contributed by atoms with Gasteiger partial charge >= 0.3 is 0 Å². The molecule has 0 saturated carbocycles. The third-order valence-corrected chi connectivity index (χ3v) is 3.29. The maximum absolute atomic E-state index is 13.2. The number of H-pyrrole nitrogens is 1. The third-order valence-electron chi connectivity index (χ3n) is 3.29. The third kappa shape index (κ3) is 3.86. The summed E-state index contributed by atoms with van der Waals surface area (Å²) in [5.74, 6) is -2.16. The Kier molecular flexibility index (Phi) is 4.51. The zero-order valence-electron chi connectivity index (χ0n) is 12.7. The number of rotatable bonds is 4. The van der Waals surface area contributed by atoms with Crippen molar-refractivity contribution in [1.29, 1.82) is 0 Å². The van der Waals surface area contributed by atoms with E-state index in [-0.39, 0.29) is 16.9 Å². The quantitative estimate of drug-likeness (QED) is 0.680. The lowest BCUT2D eigenvalue weighted by atomic mass is 10.2. The monoisotopic (exact) mass is 342 g/mol. The van der Waals surface area contributed by atoms with Crippen LogP contribution < -0.4 is 10.6 Å². The molecular formula is C17H12F2N4O2. The highest BCUT2D eigenvalue weighted by molar-refractivity contribution is 6.11. The molecule has 0 bridgehead atoms. The highest BCUT2D eigenvalue weighted by Crippen LogP contribution is 2.16. The second-order valence-electron chi connectivity index (χ2n) is 5.07. The smallest absolute Gasteiger partial charge is 0.278 e. The molecule has 3 rings (SSSR count). The van der Waals surface area contributed by atoms with Crippen molar-refractivity contribution in [3.63, 3.8) is 0 Å². The summed E-state index contributed by atoms with van der Waals surface area (Å²) < 4.78 is 26.1. The highest BCUT2D eigenvalue weighted by Gasteiger charge is 2.18. The predicted molar refractivity (Wildman–Crippen MR) is 87.3 cm³/mol. The van der Waals surface area contributed by atoms with Crippen LogP contribution in [0.1, 0.15) is 20.8 Å². The van der Waals surface area contributed by atoms with Crippen LogP contribution in [0.2, 0.25) is 0 Å². The first kappa shape index (κ1) is 16.3. The molecule has 0 fully saturated rings. The second kappa shape index (κ2) is 6.91. The molecule has 8 heteroatoms. The molecule has 0 radical (unpaired) electrons. The van der Waals surface area contributed by atoms with Crippen molar-refractivity contribution in [3.8, 4) is 0 Å². The first-order valence-electron chi connectivity index (χ1n) is 7.20. The molecule has 1 heterocycles. The minimum Gasteiger partial charge on any atom is -0.321 e. The molecule has 3 N–H and O–H groups in total. The van der Waals surface area contributed by atoms with Crippen molar-refractivity contribution in [2.45, 2.75) is 0 Å². The number of hydrogen-bond donors (Lipinski definition) is 3. The van der Waals surface area contributed by atoms with Gasteiger partial charge in [0.25, 0.3) is 11.8 Å². The molecule has 0 aliphatic rings. The summed E-state index contributed by atoms with van der Waals surface area (Å²) in [5, 5.41) is 11.3. The summed E-state index contributed by atoms with van der Waals surface area (Å²) >= 11 is 0. The van der Waals surface area contributed by atoms with Crippen molar-refractivity contribution >= 4 is 23.2 Å². The van der Waals surface area contributed by atoms with Gasteiger partial charge in [0, 0.05) is 17.4 Å². The van der Waals surface area contributed by atoms with Crippen LogP contribution in [-0.2, 0) is 0 Å². The minimum atomic E-state index is -0.595. The van der Waals surface area contributed by atoms with Crippen molar-refractivity contribution in [3.05, 3.63) is 77.6 Å². The Morgan fingerprint density at radius 3 is 2.40 bits per heavy atom. The molecule has 0 aliphatic heterocycles. The normalized spacial score (nSPS) is 10.3. The van der Waals surface area contributed by atoms with Crippen LogP contribution in [0, 0.1) is 11.6 Å². The minimum absolute atomic E-state index is 0.0610. The van der Waals surface area contributed by atoms with Crippen molar-refractivity contribution in [2.24, 2.45) is 0 Å². The first-order valence-corrected chi connectivity index (χ1v) is 7.20. The van der Waals surface area contributed by atoms with Gasteiger partial charge in [0.2, 0.25) is 0 Å². The molecule has 25 heavy (non-hydrogen) atoms. The number of amides is 2. The van der Waals surface area contributed by atoms with Gasteiger partial charge in [-0.3, -0.25) is 14.7 Å². The van der Waals surface area contributed by atoms with Gasteiger partial charge in [0.05, 0.1) is 5.69 Å². The molecule has 0 aliphatic carbocycles. The Bertz CT molecular complexity index is 922. The summed E-state index contributed by atoms with van der Waals surface area (Å²) in [6.07, 6.45) is 1.33. The van der Waals surface area contributed by atoms with Gasteiger partial charge in [0.1, 0.15) is 11.6 Å². The molecule has 3 aromatic rings. The summed E-state index contributed by atoms with van der Waals surface area (Å²) in [7, 11) is 0. The number of hydrogen-bond acceptors (Lipinski definition) is 3. The number of aromatic nitrogens is 2. The fourth-order valence-corrected chi connectivity index (χ4v) is 2.11. The van der Waals surface area contributed by atoms with Crippen LogP contribution in [0.5, 0.6) is 0 Å². The zero-order chi connectivity index (χ0) is 17.8. The van der Waals surface area contributed by atoms with Crippen LogP contribution in [0.15, 0.2) is 54.7 Å². The van der Waals surface area contributed by atoms with E-state index in [1.807, 2.05) is 0 Å².